The molecule has 1 aromatic heterocycles. The van der Waals surface area contributed by atoms with E-state index in [9.17, 15) is 0 Å². The van der Waals surface area contributed by atoms with Gasteiger partial charge in [0.2, 0.25) is 0 Å². The van der Waals surface area contributed by atoms with Crippen molar-refractivity contribution in [1.82, 2.24) is 4.98 Å². The lowest BCUT2D eigenvalue weighted by atomic mass is 9.97. The average Bonchev–Trinajstić information content (AvgIpc) is 2.92. The summed E-state index contributed by atoms with van der Waals surface area (Å²) in [7, 11) is 0. The van der Waals surface area contributed by atoms with Crippen LogP contribution < -0.4 is 5.32 Å². The van der Waals surface area contributed by atoms with Gasteiger partial charge in [-0.2, -0.15) is 0 Å². The number of hydrogen-bond donors (Lipinski definition) is 1. The summed E-state index contributed by atoms with van der Waals surface area (Å²) in [6, 6.07) is 10.3. The Bertz CT molecular complexity index is 642. The smallest absolute Gasteiger partial charge is 0.161 e. The van der Waals surface area contributed by atoms with E-state index in [0.717, 1.165) is 40.4 Å². The number of aromatic nitrogens is 1. The van der Waals surface area contributed by atoms with Crippen molar-refractivity contribution in [2.45, 2.75) is 32.2 Å². The third-order valence-corrected chi connectivity index (χ3v) is 5.16. The number of nitrogens with zero attached hydrogens (tertiary/aromatic N) is 2. The van der Waals surface area contributed by atoms with Crippen LogP contribution in [0.15, 0.2) is 41.5 Å². The highest BCUT2D eigenvalue weighted by Gasteiger charge is 2.32. The van der Waals surface area contributed by atoms with Gasteiger partial charge in [-0.25, -0.2) is 0 Å². The van der Waals surface area contributed by atoms with Crippen molar-refractivity contribution < 1.29 is 0 Å². The highest BCUT2D eigenvalue weighted by molar-refractivity contribution is 8.14. The maximum Gasteiger partial charge on any atom is 0.161 e. The molecule has 2 heterocycles. The normalized spacial score (nSPS) is 17.2. The van der Waals surface area contributed by atoms with E-state index in [-0.39, 0.29) is 5.54 Å². The molecule has 1 aliphatic heterocycles. The average molecular weight is 285 g/mol. The number of thioether (sulfide) groups is 1. The first kappa shape index (κ1) is 13.4. The number of amidine groups is 1. The summed E-state index contributed by atoms with van der Waals surface area (Å²) in [5, 5.41) is 5.63. The van der Waals surface area contributed by atoms with Gasteiger partial charge in [-0.05, 0) is 25.0 Å². The Hall–Kier alpha value is -1.55. The molecule has 1 aliphatic rings. The monoisotopic (exact) mass is 285 g/mol. The van der Waals surface area contributed by atoms with Crippen LogP contribution in [0, 0.1) is 0 Å². The summed E-state index contributed by atoms with van der Waals surface area (Å²) < 4.78 is 0. The number of aliphatic imine (C=N–C) groups is 1. The number of pyridine rings is 1. The van der Waals surface area contributed by atoms with Gasteiger partial charge >= 0.3 is 0 Å². The molecular weight excluding hydrogens is 266 g/mol. The van der Waals surface area contributed by atoms with Crippen LogP contribution in [0.25, 0.3) is 10.9 Å². The molecule has 0 amide bonds. The molecule has 0 radical (unpaired) electrons. The molecule has 1 aromatic carbocycles. The molecule has 0 aliphatic carbocycles. The molecule has 0 unspecified atom stereocenters. The second-order valence-electron chi connectivity index (χ2n) is 5.14. The molecule has 104 valence electrons. The first-order valence-electron chi connectivity index (χ1n) is 7.10. The number of hydrogen-bond acceptors (Lipinski definition) is 4. The number of para-hydroxylation sites is 1. The third-order valence-electron chi connectivity index (χ3n) is 4.01. The number of rotatable bonds is 3. The molecule has 3 nitrogen and oxygen atoms in total. The summed E-state index contributed by atoms with van der Waals surface area (Å²) in [6.45, 7) is 4.44. The fourth-order valence-corrected chi connectivity index (χ4v) is 3.80. The van der Waals surface area contributed by atoms with Gasteiger partial charge in [0, 0.05) is 17.3 Å². The number of benzene rings is 1. The zero-order valence-corrected chi connectivity index (χ0v) is 12.7. The van der Waals surface area contributed by atoms with Crippen molar-refractivity contribution in [2.24, 2.45) is 4.99 Å². The zero-order chi connectivity index (χ0) is 14.0. The maximum absolute atomic E-state index is 4.90. The van der Waals surface area contributed by atoms with E-state index in [1.54, 1.807) is 0 Å². The van der Waals surface area contributed by atoms with Crippen LogP contribution in [0.3, 0.4) is 0 Å². The van der Waals surface area contributed by atoms with Gasteiger partial charge in [-0.15, -0.1) is 0 Å². The predicted molar refractivity (Wildman–Crippen MR) is 88.6 cm³/mol. The minimum absolute atomic E-state index is 0.116. The minimum Gasteiger partial charge on any atom is -0.333 e. The molecule has 0 atom stereocenters. The lowest BCUT2D eigenvalue weighted by Crippen LogP contribution is -2.24. The first-order valence-corrected chi connectivity index (χ1v) is 8.08. The van der Waals surface area contributed by atoms with Gasteiger partial charge in [-0.3, -0.25) is 9.98 Å². The van der Waals surface area contributed by atoms with E-state index in [0.29, 0.717) is 0 Å². The minimum atomic E-state index is 0.116. The lowest BCUT2D eigenvalue weighted by Gasteiger charge is -2.20. The van der Waals surface area contributed by atoms with E-state index >= 15 is 0 Å². The molecular formula is C16H19N3S. The molecule has 0 saturated carbocycles. The molecule has 3 rings (SSSR count). The van der Waals surface area contributed by atoms with Gasteiger partial charge in [0.15, 0.2) is 5.17 Å². The SMILES string of the molecule is CCC1(CC)CSC(Nc2cccc3cccnc23)=N1. The van der Waals surface area contributed by atoms with Crippen molar-refractivity contribution in [3.8, 4) is 0 Å². The number of nitrogens with one attached hydrogen (secondary N) is 1. The maximum atomic E-state index is 4.90. The Morgan fingerprint density at radius 3 is 2.75 bits per heavy atom. The molecule has 1 N–H and O–H groups in total. The lowest BCUT2D eigenvalue weighted by molar-refractivity contribution is 0.456. The van der Waals surface area contributed by atoms with Crippen LogP contribution in [0.4, 0.5) is 5.69 Å². The predicted octanol–water partition coefficient (Wildman–Crippen LogP) is 4.31. The van der Waals surface area contributed by atoms with Gasteiger partial charge in [0.1, 0.15) is 0 Å². The second-order valence-corrected chi connectivity index (χ2v) is 6.11. The van der Waals surface area contributed by atoms with E-state index in [1.165, 1.54) is 0 Å². The molecule has 20 heavy (non-hydrogen) atoms. The van der Waals surface area contributed by atoms with Crippen LogP contribution in [-0.2, 0) is 0 Å². The third kappa shape index (κ3) is 2.40. The topological polar surface area (TPSA) is 37.3 Å². The Balaban J connectivity index is 1.91. The highest BCUT2D eigenvalue weighted by atomic mass is 32.2. The van der Waals surface area contributed by atoms with E-state index in [2.05, 4.69) is 48.4 Å². The standard InChI is InChI=1S/C16H19N3S/c1-3-16(4-2)11-20-15(19-16)18-13-9-5-7-12-8-6-10-17-14(12)13/h5-10H,3-4,11H2,1-2H3,(H,18,19). The summed E-state index contributed by atoms with van der Waals surface area (Å²) >= 11 is 1.81. The highest BCUT2D eigenvalue weighted by Crippen LogP contribution is 2.34. The Morgan fingerprint density at radius 2 is 2.00 bits per heavy atom. The Morgan fingerprint density at radius 1 is 1.20 bits per heavy atom. The quantitative estimate of drug-likeness (QED) is 0.913. The van der Waals surface area contributed by atoms with Crippen LogP contribution in [-0.4, -0.2) is 21.4 Å². The number of fused-ring (bicyclic) bond motifs is 1. The Kier molecular flexibility index (Phi) is 3.66. The fraction of sp³-hybridized carbons (Fsp3) is 0.375. The Labute approximate surface area is 123 Å². The van der Waals surface area contributed by atoms with E-state index in [1.807, 2.05) is 24.0 Å². The van der Waals surface area contributed by atoms with Crippen LogP contribution >= 0.6 is 11.8 Å². The van der Waals surface area contributed by atoms with Crippen molar-refractivity contribution in [3.05, 3.63) is 36.5 Å². The van der Waals surface area contributed by atoms with E-state index < -0.39 is 0 Å². The fourth-order valence-electron chi connectivity index (χ4n) is 2.48. The van der Waals surface area contributed by atoms with Crippen molar-refractivity contribution in [2.75, 3.05) is 11.1 Å². The van der Waals surface area contributed by atoms with Gasteiger partial charge in [-0.1, -0.05) is 43.8 Å². The molecule has 0 saturated heterocycles. The molecule has 2 aromatic rings. The molecule has 4 heteroatoms. The van der Waals surface area contributed by atoms with Gasteiger partial charge < -0.3 is 5.32 Å². The van der Waals surface area contributed by atoms with Crippen LogP contribution in [0.5, 0.6) is 0 Å². The van der Waals surface area contributed by atoms with Gasteiger partial charge in [0.05, 0.1) is 16.7 Å². The van der Waals surface area contributed by atoms with E-state index in [4.69, 9.17) is 4.99 Å². The van der Waals surface area contributed by atoms with Gasteiger partial charge in [0.25, 0.3) is 0 Å². The largest absolute Gasteiger partial charge is 0.333 e. The molecule has 0 fully saturated rings. The van der Waals surface area contributed by atoms with Crippen LogP contribution in [0.1, 0.15) is 26.7 Å². The summed E-state index contributed by atoms with van der Waals surface area (Å²) in [5.41, 5.74) is 2.16. The zero-order valence-electron chi connectivity index (χ0n) is 11.9. The van der Waals surface area contributed by atoms with Crippen molar-refractivity contribution in [1.29, 1.82) is 0 Å². The molecule has 0 bridgehead atoms. The molecule has 0 spiro atoms. The summed E-state index contributed by atoms with van der Waals surface area (Å²) in [5.74, 6) is 1.07. The summed E-state index contributed by atoms with van der Waals surface area (Å²) in [6.07, 6.45) is 4.02. The van der Waals surface area contributed by atoms with Crippen molar-refractivity contribution >= 4 is 33.5 Å². The van der Waals surface area contributed by atoms with Crippen molar-refractivity contribution in [3.63, 3.8) is 0 Å². The van der Waals surface area contributed by atoms with Crippen LogP contribution in [0.2, 0.25) is 0 Å². The first-order chi connectivity index (χ1) is 9.76. The second kappa shape index (κ2) is 5.44. The number of anilines is 1. The summed E-state index contributed by atoms with van der Waals surface area (Å²) in [4.78, 5) is 9.37.